The number of aromatic carboxylic acids is 1. The van der Waals surface area contributed by atoms with Crippen molar-refractivity contribution < 1.29 is 24.2 Å². The molecule has 0 bridgehead atoms. The molecular weight excluding hydrogens is 354 g/mol. The predicted molar refractivity (Wildman–Crippen MR) is 98.1 cm³/mol. The van der Waals surface area contributed by atoms with E-state index in [1.165, 1.54) is 17.8 Å². The van der Waals surface area contributed by atoms with E-state index in [2.05, 4.69) is 5.32 Å². The molecule has 0 aliphatic carbocycles. The van der Waals surface area contributed by atoms with E-state index in [-0.39, 0.29) is 23.3 Å². The Kier molecular flexibility index (Phi) is 5.68. The van der Waals surface area contributed by atoms with Crippen LogP contribution < -0.4 is 14.8 Å². The van der Waals surface area contributed by atoms with Crippen molar-refractivity contribution in [2.45, 2.75) is 17.9 Å². The Morgan fingerprint density at radius 2 is 1.88 bits per heavy atom. The average Bonchev–Trinajstić information content (AvgIpc) is 2.66. The molecule has 2 aromatic rings. The molecule has 0 radical (unpaired) electrons. The third kappa shape index (κ3) is 4.29. The number of ether oxygens (including phenoxy) is 2. The lowest BCUT2D eigenvalue weighted by Crippen LogP contribution is -2.28. The normalized spacial score (nSPS) is 13.7. The van der Waals surface area contributed by atoms with Crippen molar-refractivity contribution in [3.8, 4) is 11.5 Å². The fourth-order valence-corrected chi connectivity index (χ4v) is 3.46. The fraction of sp³-hybridized carbons (Fsp3) is 0.263. The molecule has 0 spiro atoms. The van der Waals surface area contributed by atoms with Crippen molar-refractivity contribution in [3.63, 3.8) is 0 Å². The molecule has 0 fully saturated rings. The molecule has 1 amide bonds. The average molecular weight is 373 g/mol. The van der Waals surface area contributed by atoms with Crippen LogP contribution in [0.15, 0.2) is 47.4 Å². The molecule has 0 aromatic heterocycles. The zero-order valence-electron chi connectivity index (χ0n) is 14.2. The summed E-state index contributed by atoms with van der Waals surface area (Å²) in [4.78, 5) is 24.0. The van der Waals surface area contributed by atoms with E-state index in [1.807, 2.05) is 25.1 Å². The Labute approximate surface area is 155 Å². The zero-order valence-corrected chi connectivity index (χ0v) is 15.0. The van der Waals surface area contributed by atoms with Gasteiger partial charge in [-0.1, -0.05) is 18.2 Å². The largest absolute Gasteiger partial charge is 0.486 e. The van der Waals surface area contributed by atoms with Gasteiger partial charge in [0.2, 0.25) is 5.91 Å². The number of hydrogen-bond acceptors (Lipinski definition) is 5. The first kappa shape index (κ1) is 18.1. The number of carboxylic acids is 1. The number of thioether (sulfide) groups is 1. The van der Waals surface area contributed by atoms with Gasteiger partial charge in [0.05, 0.1) is 17.4 Å². The van der Waals surface area contributed by atoms with Crippen molar-refractivity contribution >= 4 is 23.6 Å². The predicted octanol–water partition coefficient (Wildman–Crippen LogP) is 3.13. The Balaban J connectivity index is 1.59. The topological polar surface area (TPSA) is 84.9 Å². The lowest BCUT2D eigenvalue weighted by Gasteiger charge is -2.21. The van der Waals surface area contributed by atoms with Crippen LogP contribution in [0.2, 0.25) is 0 Å². The van der Waals surface area contributed by atoms with Crippen LogP contribution in [0.3, 0.4) is 0 Å². The highest BCUT2D eigenvalue weighted by Gasteiger charge is 2.16. The van der Waals surface area contributed by atoms with Crippen LogP contribution in [0.1, 0.15) is 28.9 Å². The lowest BCUT2D eigenvalue weighted by atomic mass is 10.1. The van der Waals surface area contributed by atoms with Crippen LogP contribution in [0.4, 0.5) is 0 Å². The number of fused-ring (bicyclic) bond motifs is 1. The molecule has 26 heavy (non-hydrogen) atoms. The van der Waals surface area contributed by atoms with E-state index in [1.54, 1.807) is 18.2 Å². The number of hydrogen-bond donors (Lipinski definition) is 2. The van der Waals surface area contributed by atoms with E-state index in [4.69, 9.17) is 9.47 Å². The van der Waals surface area contributed by atoms with Crippen molar-refractivity contribution in [2.75, 3.05) is 19.0 Å². The van der Waals surface area contributed by atoms with Gasteiger partial charge in [-0.2, -0.15) is 0 Å². The summed E-state index contributed by atoms with van der Waals surface area (Å²) < 4.78 is 11.1. The summed E-state index contributed by atoms with van der Waals surface area (Å²) in [7, 11) is 0. The van der Waals surface area contributed by atoms with Gasteiger partial charge < -0.3 is 19.9 Å². The SMILES string of the molecule is C[C@@H](NC(=O)CSc1ccccc1C(=O)O)c1ccc2c(c1)OCCO2. The molecule has 0 saturated carbocycles. The zero-order chi connectivity index (χ0) is 18.5. The van der Waals surface area contributed by atoms with E-state index >= 15 is 0 Å². The minimum Gasteiger partial charge on any atom is -0.486 e. The Hall–Kier alpha value is -2.67. The van der Waals surface area contributed by atoms with Crippen molar-refractivity contribution in [3.05, 3.63) is 53.6 Å². The summed E-state index contributed by atoms with van der Waals surface area (Å²) in [5.74, 6) is 0.355. The molecule has 1 atom stereocenters. The molecule has 2 aromatic carbocycles. The third-order valence-corrected chi connectivity index (χ3v) is 4.99. The van der Waals surface area contributed by atoms with Gasteiger partial charge in [0, 0.05) is 4.90 Å². The maximum atomic E-state index is 12.2. The quantitative estimate of drug-likeness (QED) is 0.757. The molecule has 6 nitrogen and oxygen atoms in total. The van der Waals surface area contributed by atoms with Crippen LogP contribution in [0.25, 0.3) is 0 Å². The Morgan fingerprint density at radius 1 is 1.15 bits per heavy atom. The molecule has 1 aliphatic rings. The summed E-state index contributed by atoms with van der Waals surface area (Å²) in [6.45, 7) is 2.93. The standard InChI is InChI=1S/C19H19NO5S/c1-12(13-6-7-15-16(10-13)25-9-8-24-15)20-18(21)11-26-17-5-3-2-4-14(17)19(22)23/h2-7,10,12H,8-9,11H2,1H3,(H,20,21)(H,22,23)/t12-/m1/s1. The van der Waals surface area contributed by atoms with Gasteiger partial charge in [0.1, 0.15) is 13.2 Å². The monoisotopic (exact) mass is 373 g/mol. The fourth-order valence-electron chi connectivity index (χ4n) is 2.61. The summed E-state index contributed by atoms with van der Waals surface area (Å²) >= 11 is 1.21. The second kappa shape index (κ2) is 8.14. The number of carboxylic acid groups (broad SMARTS) is 1. The number of rotatable bonds is 6. The lowest BCUT2D eigenvalue weighted by molar-refractivity contribution is -0.119. The third-order valence-electron chi connectivity index (χ3n) is 3.92. The van der Waals surface area contributed by atoms with Gasteiger partial charge in [0.15, 0.2) is 11.5 Å². The molecule has 1 heterocycles. The minimum atomic E-state index is -1.00. The van der Waals surface area contributed by atoms with Gasteiger partial charge >= 0.3 is 5.97 Å². The molecule has 3 rings (SSSR count). The van der Waals surface area contributed by atoms with Gasteiger partial charge in [0.25, 0.3) is 0 Å². The molecule has 7 heteroatoms. The number of benzene rings is 2. The second-order valence-corrected chi connectivity index (χ2v) is 6.80. The van der Waals surface area contributed by atoms with Gasteiger partial charge in [-0.05, 0) is 36.8 Å². The number of nitrogens with one attached hydrogen (secondary N) is 1. The molecular formula is C19H19NO5S. The number of amides is 1. The van der Waals surface area contributed by atoms with Crippen molar-refractivity contribution in [2.24, 2.45) is 0 Å². The highest BCUT2D eigenvalue weighted by atomic mass is 32.2. The summed E-state index contributed by atoms with van der Waals surface area (Å²) in [5.41, 5.74) is 1.11. The van der Waals surface area contributed by atoms with Gasteiger partial charge in [-0.3, -0.25) is 4.79 Å². The van der Waals surface area contributed by atoms with Gasteiger partial charge in [-0.25, -0.2) is 4.79 Å². The number of carbonyl (C=O) groups excluding carboxylic acids is 1. The highest BCUT2D eigenvalue weighted by molar-refractivity contribution is 8.00. The molecule has 0 saturated heterocycles. The van der Waals surface area contributed by atoms with E-state index in [0.29, 0.717) is 29.6 Å². The summed E-state index contributed by atoms with van der Waals surface area (Å²) in [5, 5.41) is 12.1. The first-order valence-corrected chi connectivity index (χ1v) is 9.17. The Morgan fingerprint density at radius 3 is 2.65 bits per heavy atom. The highest BCUT2D eigenvalue weighted by Crippen LogP contribution is 2.32. The molecule has 1 aliphatic heterocycles. The molecule has 0 unspecified atom stereocenters. The molecule has 136 valence electrons. The van der Waals surface area contributed by atoms with Crippen molar-refractivity contribution in [1.29, 1.82) is 0 Å². The summed E-state index contributed by atoms with van der Waals surface area (Å²) in [6, 6.07) is 12.0. The van der Waals surface area contributed by atoms with E-state index < -0.39 is 5.97 Å². The van der Waals surface area contributed by atoms with Gasteiger partial charge in [-0.15, -0.1) is 11.8 Å². The van der Waals surface area contributed by atoms with Crippen LogP contribution in [0, 0.1) is 0 Å². The Bertz CT molecular complexity index is 823. The van der Waals surface area contributed by atoms with Crippen molar-refractivity contribution in [1.82, 2.24) is 5.32 Å². The first-order chi connectivity index (χ1) is 12.5. The molecule has 2 N–H and O–H groups in total. The van der Waals surface area contributed by atoms with E-state index in [9.17, 15) is 14.7 Å². The number of carbonyl (C=O) groups is 2. The first-order valence-electron chi connectivity index (χ1n) is 8.18. The van der Waals surface area contributed by atoms with Crippen LogP contribution in [0.5, 0.6) is 11.5 Å². The van der Waals surface area contributed by atoms with Crippen LogP contribution >= 0.6 is 11.8 Å². The maximum absolute atomic E-state index is 12.2. The minimum absolute atomic E-state index is 0.138. The van der Waals surface area contributed by atoms with Crippen LogP contribution in [-0.2, 0) is 4.79 Å². The smallest absolute Gasteiger partial charge is 0.336 e. The maximum Gasteiger partial charge on any atom is 0.336 e. The second-order valence-electron chi connectivity index (χ2n) is 5.78. The van der Waals surface area contributed by atoms with Crippen LogP contribution in [-0.4, -0.2) is 35.9 Å². The van der Waals surface area contributed by atoms with E-state index in [0.717, 1.165) is 5.56 Å². The summed E-state index contributed by atoms with van der Waals surface area (Å²) in [6.07, 6.45) is 0.